The SMILES string of the molecule is Cn1ccc2c(-c3cc(CS(C)(=O)=O)cnc3Cl)c[nH]c2c1=O. The number of nitrogens with zero attached hydrogens (tertiary/aromatic N) is 2. The van der Waals surface area contributed by atoms with E-state index in [1.165, 1.54) is 10.8 Å². The zero-order valence-corrected chi connectivity index (χ0v) is 14.1. The molecule has 0 aromatic carbocycles. The molecule has 0 saturated heterocycles. The second-order valence-electron chi connectivity index (χ2n) is 5.47. The van der Waals surface area contributed by atoms with Gasteiger partial charge in [-0.25, -0.2) is 13.4 Å². The largest absolute Gasteiger partial charge is 0.356 e. The second kappa shape index (κ2) is 5.50. The molecule has 0 aliphatic carbocycles. The summed E-state index contributed by atoms with van der Waals surface area (Å²) >= 11 is 6.17. The molecule has 3 heterocycles. The lowest BCUT2D eigenvalue weighted by molar-refractivity contribution is 0.601. The van der Waals surface area contributed by atoms with Crippen molar-refractivity contribution in [3.8, 4) is 11.1 Å². The quantitative estimate of drug-likeness (QED) is 0.732. The third kappa shape index (κ3) is 3.02. The maximum Gasteiger partial charge on any atom is 0.274 e. The number of nitrogens with one attached hydrogen (secondary N) is 1. The Bertz CT molecular complexity index is 1070. The first kappa shape index (κ1) is 15.8. The molecular formula is C15H14ClN3O3S. The average molecular weight is 352 g/mol. The van der Waals surface area contributed by atoms with Gasteiger partial charge in [-0.15, -0.1) is 0 Å². The molecule has 0 fully saturated rings. The fraction of sp³-hybridized carbons (Fsp3) is 0.200. The first-order valence-corrected chi connectivity index (χ1v) is 9.19. The van der Waals surface area contributed by atoms with Crippen LogP contribution < -0.4 is 5.56 Å². The highest BCUT2D eigenvalue weighted by Crippen LogP contribution is 2.32. The van der Waals surface area contributed by atoms with E-state index in [9.17, 15) is 13.2 Å². The Morgan fingerprint density at radius 3 is 2.78 bits per heavy atom. The van der Waals surface area contributed by atoms with Crippen molar-refractivity contribution in [3.63, 3.8) is 0 Å². The van der Waals surface area contributed by atoms with E-state index in [1.807, 2.05) is 6.07 Å². The first-order valence-electron chi connectivity index (χ1n) is 6.75. The van der Waals surface area contributed by atoms with Gasteiger partial charge in [0.25, 0.3) is 5.56 Å². The van der Waals surface area contributed by atoms with Gasteiger partial charge in [-0.2, -0.15) is 0 Å². The van der Waals surface area contributed by atoms with Crippen LogP contribution in [0.3, 0.4) is 0 Å². The maximum atomic E-state index is 12.1. The summed E-state index contributed by atoms with van der Waals surface area (Å²) in [5, 5.41) is 0.970. The number of aromatic nitrogens is 3. The van der Waals surface area contributed by atoms with E-state index >= 15 is 0 Å². The number of hydrogen-bond donors (Lipinski definition) is 1. The van der Waals surface area contributed by atoms with Crippen molar-refractivity contribution in [2.75, 3.05) is 6.26 Å². The second-order valence-corrected chi connectivity index (χ2v) is 7.97. The topological polar surface area (TPSA) is 84.8 Å². The van der Waals surface area contributed by atoms with Gasteiger partial charge in [-0.05, 0) is 17.7 Å². The van der Waals surface area contributed by atoms with Gasteiger partial charge in [-0.1, -0.05) is 11.6 Å². The Labute approximate surface area is 137 Å². The predicted octanol–water partition coefficient (Wildman–Crippen LogP) is 2.13. The van der Waals surface area contributed by atoms with E-state index in [1.54, 1.807) is 25.5 Å². The van der Waals surface area contributed by atoms with Crippen LogP contribution in [-0.4, -0.2) is 29.2 Å². The number of aryl methyl sites for hydroxylation is 1. The maximum absolute atomic E-state index is 12.1. The van der Waals surface area contributed by atoms with Gasteiger partial charge >= 0.3 is 0 Å². The Balaban J connectivity index is 2.21. The molecule has 3 aromatic heterocycles. The average Bonchev–Trinajstić information content (AvgIpc) is 2.88. The monoisotopic (exact) mass is 351 g/mol. The van der Waals surface area contributed by atoms with E-state index in [4.69, 9.17) is 11.6 Å². The number of rotatable bonds is 3. The van der Waals surface area contributed by atoms with Crippen LogP contribution in [0.2, 0.25) is 5.15 Å². The Morgan fingerprint density at radius 1 is 1.35 bits per heavy atom. The number of hydrogen-bond acceptors (Lipinski definition) is 4. The van der Waals surface area contributed by atoms with Crippen LogP contribution in [0.25, 0.3) is 22.0 Å². The summed E-state index contributed by atoms with van der Waals surface area (Å²) in [7, 11) is -1.50. The molecule has 1 N–H and O–H groups in total. The molecule has 0 radical (unpaired) electrons. The molecule has 3 aromatic rings. The van der Waals surface area contributed by atoms with E-state index in [-0.39, 0.29) is 16.5 Å². The smallest absolute Gasteiger partial charge is 0.274 e. The summed E-state index contributed by atoms with van der Waals surface area (Å²) in [6, 6.07) is 3.50. The zero-order chi connectivity index (χ0) is 16.8. The van der Waals surface area contributed by atoms with Crippen molar-refractivity contribution < 1.29 is 8.42 Å². The standard InChI is InChI=1S/C15H14ClN3O3S/c1-19-4-3-10-12(7-17-13(10)15(19)20)11-5-9(6-18-14(11)16)8-23(2,21)22/h3-7,17H,8H2,1-2H3. The molecule has 0 saturated carbocycles. The summed E-state index contributed by atoms with van der Waals surface area (Å²) in [6.07, 6.45) is 5.96. The zero-order valence-electron chi connectivity index (χ0n) is 12.5. The predicted molar refractivity (Wildman–Crippen MR) is 90.3 cm³/mol. The van der Waals surface area contributed by atoms with Gasteiger partial charge in [0.2, 0.25) is 0 Å². The van der Waals surface area contributed by atoms with Crippen LogP contribution >= 0.6 is 11.6 Å². The number of fused-ring (bicyclic) bond motifs is 1. The molecule has 8 heteroatoms. The fourth-order valence-electron chi connectivity index (χ4n) is 2.50. The molecule has 0 unspecified atom stereocenters. The Morgan fingerprint density at radius 2 is 2.09 bits per heavy atom. The number of pyridine rings is 2. The Kier molecular flexibility index (Phi) is 3.77. The van der Waals surface area contributed by atoms with Crippen LogP contribution in [0.5, 0.6) is 0 Å². The molecule has 0 amide bonds. The minimum atomic E-state index is -3.17. The molecule has 0 atom stereocenters. The number of sulfone groups is 1. The minimum Gasteiger partial charge on any atom is -0.356 e. The number of aromatic amines is 1. The third-order valence-corrected chi connectivity index (χ3v) is 4.69. The minimum absolute atomic E-state index is 0.117. The van der Waals surface area contributed by atoms with Crippen molar-refractivity contribution in [1.82, 2.24) is 14.5 Å². The van der Waals surface area contributed by atoms with Gasteiger partial charge in [0.1, 0.15) is 10.7 Å². The first-order chi connectivity index (χ1) is 10.8. The lowest BCUT2D eigenvalue weighted by Gasteiger charge is -2.06. The van der Waals surface area contributed by atoms with Gasteiger partial charge < -0.3 is 9.55 Å². The summed E-state index contributed by atoms with van der Waals surface area (Å²) in [6.45, 7) is 0. The highest BCUT2D eigenvalue weighted by molar-refractivity contribution is 7.89. The summed E-state index contributed by atoms with van der Waals surface area (Å²) in [5.41, 5.74) is 2.17. The normalized spacial score (nSPS) is 12.0. The molecule has 0 aliphatic heterocycles. The highest BCUT2D eigenvalue weighted by atomic mass is 35.5. The van der Waals surface area contributed by atoms with Crippen LogP contribution in [0.15, 0.2) is 35.5 Å². The van der Waals surface area contributed by atoms with Crippen molar-refractivity contribution in [3.05, 3.63) is 51.8 Å². The van der Waals surface area contributed by atoms with Gasteiger partial charge in [-0.3, -0.25) is 4.79 Å². The molecule has 23 heavy (non-hydrogen) atoms. The van der Waals surface area contributed by atoms with Gasteiger partial charge in [0.05, 0.1) is 5.75 Å². The highest BCUT2D eigenvalue weighted by Gasteiger charge is 2.15. The van der Waals surface area contributed by atoms with Crippen molar-refractivity contribution >= 4 is 32.3 Å². The van der Waals surface area contributed by atoms with Crippen LogP contribution in [0.4, 0.5) is 0 Å². The van der Waals surface area contributed by atoms with Gasteiger partial charge in [0, 0.05) is 48.4 Å². The fourth-order valence-corrected chi connectivity index (χ4v) is 3.47. The molecule has 6 nitrogen and oxygen atoms in total. The number of halogens is 1. The molecule has 120 valence electrons. The summed E-state index contributed by atoms with van der Waals surface area (Å²) in [4.78, 5) is 19.1. The van der Waals surface area contributed by atoms with E-state index in [0.717, 1.165) is 6.26 Å². The molecule has 3 rings (SSSR count). The lowest BCUT2D eigenvalue weighted by atomic mass is 10.1. The van der Waals surface area contributed by atoms with Crippen LogP contribution in [-0.2, 0) is 22.6 Å². The third-order valence-electron chi connectivity index (χ3n) is 3.53. The molecular weight excluding hydrogens is 338 g/mol. The van der Waals surface area contributed by atoms with Crippen LogP contribution in [0, 0.1) is 0 Å². The van der Waals surface area contributed by atoms with E-state index in [0.29, 0.717) is 27.6 Å². The van der Waals surface area contributed by atoms with Gasteiger partial charge in [0.15, 0.2) is 9.84 Å². The van der Waals surface area contributed by atoms with Crippen molar-refractivity contribution in [2.24, 2.45) is 7.05 Å². The number of H-pyrrole nitrogens is 1. The summed E-state index contributed by atoms with van der Waals surface area (Å²) in [5.74, 6) is -0.117. The molecule has 0 aliphatic rings. The lowest BCUT2D eigenvalue weighted by Crippen LogP contribution is -2.15. The van der Waals surface area contributed by atoms with E-state index in [2.05, 4.69) is 9.97 Å². The van der Waals surface area contributed by atoms with Crippen LogP contribution in [0.1, 0.15) is 5.56 Å². The molecule has 0 spiro atoms. The van der Waals surface area contributed by atoms with E-state index < -0.39 is 9.84 Å². The molecule has 0 bridgehead atoms. The summed E-state index contributed by atoms with van der Waals surface area (Å²) < 4.78 is 24.4. The Hall–Kier alpha value is -2.12. The van der Waals surface area contributed by atoms with Crippen molar-refractivity contribution in [1.29, 1.82) is 0 Å². The van der Waals surface area contributed by atoms with Crippen molar-refractivity contribution in [2.45, 2.75) is 5.75 Å².